The number of hydrogen-bond acceptors (Lipinski definition) is 4. The summed E-state index contributed by atoms with van der Waals surface area (Å²) in [5.74, 6) is -1.03. The van der Waals surface area contributed by atoms with Crippen LogP contribution in [0, 0.1) is 0 Å². The first-order chi connectivity index (χ1) is 10.3. The highest BCUT2D eigenvalue weighted by Gasteiger charge is 2.43. The number of halogens is 3. The van der Waals surface area contributed by atoms with E-state index in [1.165, 1.54) is 12.1 Å². The number of aromatic nitrogens is 1. The molecule has 116 valence electrons. The number of nitrogens with zero attached hydrogens (tertiary/aromatic N) is 1. The third-order valence-corrected chi connectivity index (χ3v) is 4.66. The van der Waals surface area contributed by atoms with Gasteiger partial charge in [0.15, 0.2) is 5.76 Å². The van der Waals surface area contributed by atoms with Crippen molar-refractivity contribution in [3.63, 3.8) is 0 Å². The summed E-state index contributed by atoms with van der Waals surface area (Å²) in [6.07, 6.45) is 2.20. The quantitative estimate of drug-likeness (QED) is 0.849. The van der Waals surface area contributed by atoms with Crippen molar-refractivity contribution in [2.45, 2.75) is 24.8 Å². The predicted octanol–water partition coefficient (Wildman–Crippen LogP) is 4.34. The van der Waals surface area contributed by atoms with Crippen LogP contribution >= 0.6 is 34.8 Å². The Bertz CT molecular complexity index is 746. The molecule has 0 atom stereocenters. The van der Waals surface area contributed by atoms with Gasteiger partial charge in [-0.05, 0) is 31.4 Å². The van der Waals surface area contributed by atoms with Gasteiger partial charge in [-0.25, -0.2) is 4.79 Å². The first kappa shape index (κ1) is 15.6. The van der Waals surface area contributed by atoms with Crippen LogP contribution in [0.15, 0.2) is 16.7 Å². The van der Waals surface area contributed by atoms with Crippen LogP contribution in [0.3, 0.4) is 0 Å². The van der Waals surface area contributed by atoms with Crippen LogP contribution in [0.2, 0.25) is 15.1 Å². The summed E-state index contributed by atoms with van der Waals surface area (Å²) in [4.78, 5) is 11.7. The maximum atomic E-state index is 11.7. The fourth-order valence-corrected chi connectivity index (χ4v) is 3.55. The molecule has 1 aliphatic carbocycles. The lowest BCUT2D eigenvalue weighted by atomic mass is 9.74. The van der Waals surface area contributed by atoms with Crippen LogP contribution in [0.25, 0.3) is 11.3 Å². The molecule has 1 saturated carbocycles. The number of hydrogen-bond donors (Lipinski definition) is 2. The van der Waals surface area contributed by atoms with E-state index >= 15 is 0 Å². The first-order valence-electron chi connectivity index (χ1n) is 6.51. The smallest absolute Gasteiger partial charge is 0.341 e. The van der Waals surface area contributed by atoms with Crippen molar-refractivity contribution in [2.24, 2.45) is 5.73 Å². The maximum absolute atomic E-state index is 11.7. The summed E-state index contributed by atoms with van der Waals surface area (Å²) in [6, 6.07) is 2.93. The first-order valence-corrected chi connectivity index (χ1v) is 7.64. The van der Waals surface area contributed by atoms with Gasteiger partial charge in [0.2, 0.25) is 0 Å². The number of rotatable bonds is 3. The van der Waals surface area contributed by atoms with Crippen molar-refractivity contribution < 1.29 is 14.4 Å². The summed E-state index contributed by atoms with van der Waals surface area (Å²) in [6.45, 7) is 0. The Labute approximate surface area is 140 Å². The minimum absolute atomic E-state index is 0.0610. The Hall–Kier alpha value is -1.27. The third kappa shape index (κ3) is 2.38. The van der Waals surface area contributed by atoms with E-state index in [-0.39, 0.29) is 32.6 Å². The van der Waals surface area contributed by atoms with E-state index < -0.39 is 11.5 Å². The Balaban J connectivity index is 2.23. The number of benzene rings is 1. The average Bonchev–Trinajstić information content (AvgIpc) is 2.79. The summed E-state index contributed by atoms with van der Waals surface area (Å²) < 4.78 is 5.25. The summed E-state index contributed by atoms with van der Waals surface area (Å²) in [7, 11) is 0. The standard InChI is InChI=1S/C14H11Cl3N2O3/c15-6-4-7(16)9(8(17)5-6)11-10(13(20)21)12(22-19-11)14(18)2-1-3-14/h4-5H,1-3,18H2,(H,20,21). The predicted molar refractivity (Wildman–Crippen MR) is 83.6 cm³/mol. The molecule has 0 radical (unpaired) electrons. The number of carboxylic acids is 1. The van der Waals surface area contributed by atoms with Crippen LogP contribution in [-0.2, 0) is 5.54 Å². The Morgan fingerprint density at radius 3 is 2.32 bits per heavy atom. The molecule has 0 saturated heterocycles. The normalized spacial score (nSPS) is 16.4. The lowest BCUT2D eigenvalue weighted by Crippen LogP contribution is -2.44. The zero-order valence-corrected chi connectivity index (χ0v) is 13.5. The van der Waals surface area contributed by atoms with E-state index in [4.69, 9.17) is 45.1 Å². The van der Waals surface area contributed by atoms with Crippen molar-refractivity contribution in [2.75, 3.05) is 0 Å². The van der Waals surface area contributed by atoms with Crippen molar-refractivity contribution in [3.8, 4) is 11.3 Å². The third-order valence-electron chi connectivity index (χ3n) is 3.85. The van der Waals surface area contributed by atoms with Crippen molar-refractivity contribution >= 4 is 40.8 Å². The van der Waals surface area contributed by atoms with Gasteiger partial charge in [0.1, 0.15) is 11.3 Å². The lowest BCUT2D eigenvalue weighted by Gasteiger charge is -2.35. The van der Waals surface area contributed by atoms with Crippen molar-refractivity contribution in [1.82, 2.24) is 5.16 Å². The molecule has 1 aromatic carbocycles. The van der Waals surface area contributed by atoms with Crippen LogP contribution in [-0.4, -0.2) is 16.2 Å². The van der Waals surface area contributed by atoms with E-state index in [1.54, 1.807) is 0 Å². The lowest BCUT2D eigenvalue weighted by molar-refractivity contribution is 0.0687. The van der Waals surface area contributed by atoms with Gasteiger partial charge in [-0.2, -0.15) is 0 Å². The molecule has 0 amide bonds. The van der Waals surface area contributed by atoms with E-state index in [0.29, 0.717) is 17.9 Å². The molecule has 1 heterocycles. The number of aromatic carboxylic acids is 1. The minimum Gasteiger partial charge on any atom is -0.477 e. The fraction of sp³-hybridized carbons (Fsp3) is 0.286. The van der Waals surface area contributed by atoms with Crippen LogP contribution in [0.4, 0.5) is 0 Å². The monoisotopic (exact) mass is 360 g/mol. The van der Waals surface area contributed by atoms with E-state index in [9.17, 15) is 9.90 Å². The van der Waals surface area contributed by atoms with Gasteiger partial charge in [0.25, 0.3) is 0 Å². The molecule has 22 heavy (non-hydrogen) atoms. The molecule has 0 aliphatic heterocycles. The maximum Gasteiger partial charge on any atom is 0.341 e. The van der Waals surface area contributed by atoms with Crippen molar-refractivity contribution in [3.05, 3.63) is 38.5 Å². The molecule has 1 fully saturated rings. The molecule has 0 unspecified atom stereocenters. The summed E-state index contributed by atoms with van der Waals surface area (Å²) in [5, 5.41) is 14.1. The summed E-state index contributed by atoms with van der Waals surface area (Å²) >= 11 is 18.2. The van der Waals surface area contributed by atoms with E-state index in [2.05, 4.69) is 5.16 Å². The fourth-order valence-electron chi connectivity index (χ4n) is 2.55. The molecule has 1 aromatic heterocycles. The molecule has 2 aromatic rings. The summed E-state index contributed by atoms with van der Waals surface area (Å²) in [5.41, 5.74) is 5.59. The van der Waals surface area contributed by atoms with Crippen molar-refractivity contribution in [1.29, 1.82) is 0 Å². The molecule has 1 aliphatic rings. The molecule has 0 spiro atoms. The molecular formula is C14H11Cl3N2O3. The molecular weight excluding hydrogens is 351 g/mol. The minimum atomic E-state index is -1.19. The second-order valence-electron chi connectivity index (χ2n) is 5.29. The van der Waals surface area contributed by atoms with Gasteiger partial charge in [0, 0.05) is 10.6 Å². The average molecular weight is 362 g/mol. The van der Waals surface area contributed by atoms with E-state index in [1.807, 2.05) is 0 Å². The SMILES string of the molecule is NC1(c2onc(-c3c(Cl)cc(Cl)cc3Cl)c2C(=O)O)CCC1. The van der Waals surface area contributed by atoms with Gasteiger partial charge in [-0.15, -0.1) is 0 Å². The number of nitrogens with two attached hydrogens (primary N) is 1. The molecule has 3 N–H and O–H groups in total. The second-order valence-corrected chi connectivity index (χ2v) is 6.55. The highest BCUT2D eigenvalue weighted by Crippen LogP contribution is 2.45. The van der Waals surface area contributed by atoms with Gasteiger partial charge in [-0.3, -0.25) is 0 Å². The van der Waals surface area contributed by atoms with Gasteiger partial charge in [0.05, 0.1) is 15.6 Å². The zero-order chi connectivity index (χ0) is 16.1. The largest absolute Gasteiger partial charge is 0.477 e. The molecule has 8 heteroatoms. The zero-order valence-electron chi connectivity index (χ0n) is 11.2. The molecule has 0 bridgehead atoms. The molecule has 5 nitrogen and oxygen atoms in total. The number of carbonyl (C=O) groups is 1. The topological polar surface area (TPSA) is 89.4 Å². The number of carboxylic acid groups (broad SMARTS) is 1. The van der Waals surface area contributed by atoms with Gasteiger partial charge >= 0.3 is 5.97 Å². The Morgan fingerprint density at radius 2 is 1.86 bits per heavy atom. The van der Waals surface area contributed by atoms with Crippen LogP contribution < -0.4 is 5.73 Å². The Kier molecular flexibility index (Phi) is 3.85. The highest BCUT2D eigenvalue weighted by molar-refractivity contribution is 6.42. The Morgan fingerprint density at radius 1 is 1.27 bits per heavy atom. The van der Waals surface area contributed by atoms with Gasteiger partial charge < -0.3 is 15.4 Å². The second kappa shape index (κ2) is 5.42. The van der Waals surface area contributed by atoms with Crippen LogP contribution in [0.5, 0.6) is 0 Å². The molecule has 3 rings (SSSR count). The van der Waals surface area contributed by atoms with E-state index in [0.717, 1.165) is 6.42 Å². The van der Waals surface area contributed by atoms with Gasteiger partial charge in [-0.1, -0.05) is 40.0 Å². The van der Waals surface area contributed by atoms with Crippen LogP contribution in [0.1, 0.15) is 35.4 Å². The highest BCUT2D eigenvalue weighted by atomic mass is 35.5.